The summed E-state index contributed by atoms with van der Waals surface area (Å²) in [6.07, 6.45) is 3.57. The molecule has 11 heavy (non-hydrogen) atoms. The second-order valence-corrected chi connectivity index (χ2v) is 4.09. The minimum absolute atomic E-state index is 0.436. The minimum Gasteiger partial charge on any atom is -0.507 e. The fourth-order valence-electron chi connectivity index (χ4n) is 1.58. The van der Waals surface area contributed by atoms with E-state index in [1.807, 2.05) is 6.07 Å². The molecular formula is C9H9IO. The summed E-state index contributed by atoms with van der Waals surface area (Å²) >= 11 is 2.17. The first-order chi connectivity index (χ1) is 5.27. The normalized spacial score (nSPS) is 15.0. The number of halogens is 1. The molecule has 0 radical (unpaired) electrons. The maximum absolute atomic E-state index is 9.38. The summed E-state index contributed by atoms with van der Waals surface area (Å²) in [6, 6.07) is 4.00. The third kappa shape index (κ3) is 1.24. The van der Waals surface area contributed by atoms with Crippen molar-refractivity contribution >= 4 is 22.6 Å². The Labute approximate surface area is 79.6 Å². The molecule has 1 aliphatic carbocycles. The highest BCUT2D eigenvalue weighted by Gasteiger charge is 2.12. The van der Waals surface area contributed by atoms with E-state index in [2.05, 4.69) is 28.7 Å². The van der Waals surface area contributed by atoms with Gasteiger partial charge in [0.1, 0.15) is 5.75 Å². The number of hydrogen-bond donors (Lipinski definition) is 1. The van der Waals surface area contributed by atoms with Crippen LogP contribution in [-0.2, 0) is 12.8 Å². The van der Waals surface area contributed by atoms with E-state index in [4.69, 9.17) is 0 Å². The lowest BCUT2D eigenvalue weighted by Crippen LogP contribution is -1.83. The van der Waals surface area contributed by atoms with Gasteiger partial charge in [-0.05, 0) is 65.1 Å². The lowest BCUT2D eigenvalue weighted by atomic mass is 10.1. The summed E-state index contributed by atoms with van der Waals surface area (Å²) in [5.74, 6) is 0.436. The number of phenolic OH excluding ortho intramolecular Hbond substituents is 1. The zero-order chi connectivity index (χ0) is 7.84. The number of aromatic hydroxyl groups is 1. The van der Waals surface area contributed by atoms with Crippen molar-refractivity contribution in [3.63, 3.8) is 0 Å². The van der Waals surface area contributed by atoms with E-state index in [9.17, 15) is 5.11 Å². The van der Waals surface area contributed by atoms with Crippen molar-refractivity contribution in [3.05, 3.63) is 26.8 Å². The van der Waals surface area contributed by atoms with Crippen molar-refractivity contribution in [1.82, 2.24) is 0 Å². The maximum Gasteiger partial charge on any atom is 0.129 e. The van der Waals surface area contributed by atoms with E-state index in [0.29, 0.717) is 5.75 Å². The Bertz CT molecular complexity index is 265. The molecule has 1 aromatic rings. The molecule has 1 N–H and O–H groups in total. The molecule has 0 heterocycles. The third-order valence-electron chi connectivity index (χ3n) is 2.16. The van der Waals surface area contributed by atoms with Gasteiger partial charge in [0.25, 0.3) is 0 Å². The predicted octanol–water partition coefficient (Wildman–Crippen LogP) is 2.49. The quantitative estimate of drug-likeness (QED) is 0.710. The lowest BCUT2D eigenvalue weighted by molar-refractivity contribution is 0.471. The summed E-state index contributed by atoms with van der Waals surface area (Å²) < 4.78 is 0.975. The highest BCUT2D eigenvalue weighted by atomic mass is 127. The number of aryl methyl sites for hydroxylation is 2. The Hall–Kier alpha value is -0.250. The number of phenols is 1. The summed E-state index contributed by atoms with van der Waals surface area (Å²) in [6.45, 7) is 0. The minimum atomic E-state index is 0.436. The van der Waals surface area contributed by atoms with Crippen molar-refractivity contribution in [2.45, 2.75) is 19.3 Å². The van der Waals surface area contributed by atoms with Gasteiger partial charge in [-0.2, -0.15) is 0 Å². The Kier molecular flexibility index (Phi) is 1.79. The molecule has 0 atom stereocenters. The molecule has 1 aliphatic rings. The number of benzene rings is 1. The molecule has 0 saturated carbocycles. The van der Waals surface area contributed by atoms with Crippen LogP contribution < -0.4 is 0 Å². The fourth-order valence-corrected chi connectivity index (χ4v) is 2.11. The van der Waals surface area contributed by atoms with Crippen LogP contribution in [-0.4, -0.2) is 5.11 Å². The predicted molar refractivity (Wildman–Crippen MR) is 52.8 cm³/mol. The molecule has 2 rings (SSSR count). The van der Waals surface area contributed by atoms with Crippen LogP contribution in [0.5, 0.6) is 5.75 Å². The Morgan fingerprint density at radius 1 is 1.18 bits per heavy atom. The topological polar surface area (TPSA) is 20.2 Å². The van der Waals surface area contributed by atoms with Crippen LogP contribution in [0.1, 0.15) is 17.5 Å². The molecule has 1 aromatic carbocycles. The van der Waals surface area contributed by atoms with E-state index in [1.54, 1.807) is 0 Å². The van der Waals surface area contributed by atoms with Crippen molar-refractivity contribution in [3.8, 4) is 5.75 Å². The number of hydrogen-bond acceptors (Lipinski definition) is 1. The first-order valence-corrected chi connectivity index (χ1v) is 4.85. The molecule has 0 saturated heterocycles. The van der Waals surface area contributed by atoms with Gasteiger partial charge in [-0.25, -0.2) is 0 Å². The summed E-state index contributed by atoms with van der Waals surface area (Å²) in [5, 5.41) is 9.38. The molecular weight excluding hydrogens is 251 g/mol. The van der Waals surface area contributed by atoms with E-state index in [0.717, 1.165) is 9.99 Å². The van der Waals surface area contributed by atoms with Gasteiger partial charge in [-0.15, -0.1) is 0 Å². The smallest absolute Gasteiger partial charge is 0.129 e. The average Bonchev–Trinajstić information content (AvgIpc) is 2.36. The lowest BCUT2D eigenvalue weighted by Gasteiger charge is -2.01. The van der Waals surface area contributed by atoms with Gasteiger partial charge >= 0.3 is 0 Å². The van der Waals surface area contributed by atoms with Crippen LogP contribution in [0.25, 0.3) is 0 Å². The fraction of sp³-hybridized carbons (Fsp3) is 0.333. The van der Waals surface area contributed by atoms with Gasteiger partial charge in [0.15, 0.2) is 0 Å². The second-order valence-electron chi connectivity index (χ2n) is 2.93. The molecule has 0 spiro atoms. The van der Waals surface area contributed by atoms with Gasteiger partial charge in [0.05, 0.1) is 3.57 Å². The Morgan fingerprint density at radius 3 is 2.55 bits per heavy atom. The van der Waals surface area contributed by atoms with Gasteiger partial charge in [0, 0.05) is 0 Å². The molecule has 0 amide bonds. The van der Waals surface area contributed by atoms with Crippen LogP contribution in [0.15, 0.2) is 12.1 Å². The molecule has 0 aliphatic heterocycles. The Balaban J connectivity index is 2.57. The van der Waals surface area contributed by atoms with Crippen LogP contribution in [0.3, 0.4) is 0 Å². The molecule has 0 bridgehead atoms. The first-order valence-electron chi connectivity index (χ1n) is 3.77. The van der Waals surface area contributed by atoms with Gasteiger partial charge in [-0.3, -0.25) is 0 Å². The van der Waals surface area contributed by atoms with Crippen molar-refractivity contribution < 1.29 is 5.11 Å². The van der Waals surface area contributed by atoms with Crippen LogP contribution in [0, 0.1) is 3.57 Å². The third-order valence-corrected chi connectivity index (χ3v) is 3.03. The summed E-state index contributed by atoms with van der Waals surface area (Å²) in [5.41, 5.74) is 2.76. The van der Waals surface area contributed by atoms with Crippen LogP contribution in [0.2, 0.25) is 0 Å². The molecule has 58 valence electrons. The SMILES string of the molecule is Oc1cc2c(cc1I)CCC2. The van der Waals surface area contributed by atoms with Crippen molar-refractivity contribution in [2.24, 2.45) is 0 Å². The van der Waals surface area contributed by atoms with E-state index in [1.165, 1.54) is 24.0 Å². The van der Waals surface area contributed by atoms with E-state index >= 15 is 0 Å². The first kappa shape index (κ1) is 7.40. The molecule has 1 nitrogen and oxygen atoms in total. The largest absolute Gasteiger partial charge is 0.507 e. The van der Waals surface area contributed by atoms with Gasteiger partial charge < -0.3 is 5.11 Å². The monoisotopic (exact) mass is 260 g/mol. The standard InChI is InChI=1S/C9H9IO/c10-8-4-6-2-1-3-7(6)5-9(8)11/h4-5,11H,1-3H2. The van der Waals surface area contributed by atoms with Gasteiger partial charge in [-0.1, -0.05) is 0 Å². The van der Waals surface area contributed by atoms with Crippen LogP contribution >= 0.6 is 22.6 Å². The molecule has 0 unspecified atom stereocenters. The molecule has 0 aromatic heterocycles. The van der Waals surface area contributed by atoms with Crippen LogP contribution in [0.4, 0.5) is 0 Å². The second kappa shape index (κ2) is 2.66. The molecule has 0 fully saturated rings. The number of fused-ring (bicyclic) bond motifs is 1. The van der Waals surface area contributed by atoms with E-state index < -0.39 is 0 Å². The molecule has 2 heteroatoms. The van der Waals surface area contributed by atoms with E-state index in [-0.39, 0.29) is 0 Å². The number of rotatable bonds is 0. The zero-order valence-corrected chi connectivity index (χ0v) is 8.26. The summed E-state index contributed by atoms with van der Waals surface area (Å²) in [4.78, 5) is 0. The highest BCUT2D eigenvalue weighted by molar-refractivity contribution is 14.1. The average molecular weight is 260 g/mol. The summed E-state index contributed by atoms with van der Waals surface area (Å²) in [7, 11) is 0. The van der Waals surface area contributed by atoms with Crippen molar-refractivity contribution in [2.75, 3.05) is 0 Å². The zero-order valence-electron chi connectivity index (χ0n) is 6.10. The van der Waals surface area contributed by atoms with Gasteiger partial charge in [0.2, 0.25) is 0 Å². The van der Waals surface area contributed by atoms with Crippen molar-refractivity contribution in [1.29, 1.82) is 0 Å². The maximum atomic E-state index is 9.38. The Morgan fingerprint density at radius 2 is 1.82 bits per heavy atom. The highest BCUT2D eigenvalue weighted by Crippen LogP contribution is 2.29.